The van der Waals surface area contributed by atoms with E-state index in [2.05, 4.69) is 145 Å². The molecule has 2 aromatic heterocycles. The average Bonchev–Trinajstić information content (AvgIpc) is 3.49. The van der Waals surface area contributed by atoms with Crippen LogP contribution in [0.3, 0.4) is 0 Å². The third-order valence-corrected chi connectivity index (χ3v) is 9.57. The van der Waals surface area contributed by atoms with Gasteiger partial charge in [-0.25, -0.2) is 9.97 Å². The molecule has 0 spiro atoms. The highest BCUT2D eigenvalue weighted by atomic mass is 15.1. The number of rotatable bonds is 5. The maximum absolute atomic E-state index is 5.32. The van der Waals surface area contributed by atoms with E-state index in [0.29, 0.717) is 5.82 Å². The Labute approximate surface area is 279 Å². The molecule has 9 rings (SSSR count). The van der Waals surface area contributed by atoms with Gasteiger partial charge in [0.15, 0.2) is 5.82 Å². The number of aryl methyl sites for hydroxylation is 1. The lowest BCUT2D eigenvalue weighted by Crippen LogP contribution is -1.99. The van der Waals surface area contributed by atoms with Gasteiger partial charge in [0, 0.05) is 22.2 Å². The monoisotopic (exact) mass is 613 g/mol. The number of benzene rings is 7. The lowest BCUT2D eigenvalue weighted by atomic mass is 9.90. The zero-order valence-corrected chi connectivity index (χ0v) is 26.6. The summed E-state index contributed by atoms with van der Waals surface area (Å²) in [5, 5.41) is 7.14. The third-order valence-electron chi connectivity index (χ3n) is 9.57. The SMILES string of the molecule is C=Cc1c(C)c2ccc(-c3cccc(-c4nc(-c5ccccc5)nc5c4c4ccccc4n5-c4ccccc4)c3)cc2c2ccccc12. The number of para-hydroxylation sites is 2. The van der Waals surface area contributed by atoms with Crippen LogP contribution >= 0.6 is 0 Å². The molecule has 0 radical (unpaired) electrons. The van der Waals surface area contributed by atoms with Crippen LogP contribution in [-0.2, 0) is 0 Å². The molecule has 0 unspecified atom stereocenters. The van der Waals surface area contributed by atoms with E-state index in [4.69, 9.17) is 9.97 Å². The van der Waals surface area contributed by atoms with Crippen molar-refractivity contribution in [3.05, 3.63) is 169 Å². The predicted molar refractivity (Wildman–Crippen MR) is 203 cm³/mol. The van der Waals surface area contributed by atoms with E-state index in [-0.39, 0.29) is 0 Å². The van der Waals surface area contributed by atoms with Crippen LogP contribution in [0, 0.1) is 6.92 Å². The molecular weight excluding hydrogens is 583 g/mol. The van der Waals surface area contributed by atoms with Gasteiger partial charge in [-0.2, -0.15) is 0 Å². The van der Waals surface area contributed by atoms with Gasteiger partial charge in [-0.1, -0.05) is 134 Å². The molecule has 0 saturated heterocycles. The minimum atomic E-state index is 0.703. The predicted octanol–water partition coefficient (Wildman–Crippen LogP) is 11.8. The molecule has 0 fully saturated rings. The summed E-state index contributed by atoms with van der Waals surface area (Å²) >= 11 is 0. The summed E-state index contributed by atoms with van der Waals surface area (Å²) in [5.41, 5.74) is 10.8. The zero-order valence-electron chi connectivity index (χ0n) is 26.6. The first-order valence-corrected chi connectivity index (χ1v) is 16.3. The third kappa shape index (κ3) is 4.36. The molecule has 7 aromatic carbocycles. The van der Waals surface area contributed by atoms with E-state index in [1.54, 1.807) is 0 Å². The Bertz CT molecular complexity index is 2690. The Kier molecular flexibility index (Phi) is 6.51. The maximum atomic E-state index is 5.32. The fourth-order valence-electron chi connectivity index (χ4n) is 7.30. The van der Waals surface area contributed by atoms with E-state index in [1.807, 2.05) is 30.3 Å². The molecule has 0 saturated carbocycles. The van der Waals surface area contributed by atoms with Gasteiger partial charge in [0.2, 0.25) is 0 Å². The first-order chi connectivity index (χ1) is 23.7. The van der Waals surface area contributed by atoms with Crippen LogP contribution in [0.4, 0.5) is 0 Å². The van der Waals surface area contributed by atoms with Crippen LogP contribution < -0.4 is 0 Å². The molecule has 0 amide bonds. The number of nitrogens with zero attached hydrogens (tertiary/aromatic N) is 3. The van der Waals surface area contributed by atoms with Crippen LogP contribution in [0.1, 0.15) is 11.1 Å². The summed E-state index contributed by atoms with van der Waals surface area (Å²) in [6.07, 6.45) is 1.98. The van der Waals surface area contributed by atoms with Crippen molar-refractivity contribution < 1.29 is 0 Å². The minimum absolute atomic E-state index is 0.703. The van der Waals surface area contributed by atoms with Crippen molar-refractivity contribution in [2.24, 2.45) is 0 Å². The van der Waals surface area contributed by atoms with E-state index >= 15 is 0 Å². The highest BCUT2D eigenvalue weighted by Gasteiger charge is 2.21. The molecule has 0 bridgehead atoms. The summed E-state index contributed by atoms with van der Waals surface area (Å²) < 4.78 is 2.26. The van der Waals surface area contributed by atoms with Crippen LogP contribution in [0.15, 0.2) is 158 Å². The first kappa shape index (κ1) is 27.9. The Morgan fingerprint density at radius 3 is 1.96 bits per heavy atom. The highest BCUT2D eigenvalue weighted by molar-refractivity contribution is 6.15. The molecule has 0 aliphatic carbocycles. The van der Waals surface area contributed by atoms with Gasteiger partial charge in [0.05, 0.1) is 16.6 Å². The Balaban J connectivity index is 1.31. The largest absolute Gasteiger partial charge is 0.294 e. The number of hydrogen-bond acceptors (Lipinski definition) is 2. The molecule has 226 valence electrons. The quantitative estimate of drug-likeness (QED) is 0.181. The van der Waals surface area contributed by atoms with Crippen molar-refractivity contribution in [3.63, 3.8) is 0 Å². The van der Waals surface area contributed by atoms with Crippen LogP contribution in [0.25, 0.3) is 89.0 Å². The van der Waals surface area contributed by atoms with Gasteiger partial charge in [0.1, 0.15) is 5.65 Å². The van der Waals surface area contributed by atoms with Crippen molar-refractivity contribution in [1.29, 1.82) is 0 Å². The fourth-order valence-corrected chi connectivity index (χ4v) is 7.30. The molecule has 0 aliphatic heterocycles. The number of hydrogen-bond donors (Lipinski definition) is 0. The topological polar surface area (TPSA) is 30.7 Å². The molecular formula is C45H31N3. The number of fused-ring (bicyclic) bond motifs is 6. The Morgan fingerprint density at radius 1 is 0.521 bits per heavy atom. The van der Waals surface area contributed by atoms with E-state index < -0.39 is 0 Å². The van der Waals surface area contributed by atoms with Crippen LogP contribution in [0.5, 0.6) is 0 Å². The molecule has 3 nitrogen and oxygen atoms in total. The normalized spacial score (nSPS) is 11.5. The molecule has 0 aliphatic rings. The second-order valence-corrected chi connectivity index (χ2v) is 12.3. The van der Waals surface area contributed by atoms with E-state index in [1.165, 1.54) is 38.2 Å². The van der Waals surface area contributed by atoms with Gasteiger partial charge in [-0.05, 0) is 81.1 Å². The Hall–Kier alpha value is -6.32. The zero-order chi connectivity index (χ0) is 32.2. The fraction of sp³-hybridized carbons (Fsp3) is 0.0222. The second-order valence-electron chi connectivity index (χ2n) is 12.3. The van der Waals surface area contributed by atoms with Crippen LogP contribution in [-0.4, -0.2) is 14.5 Å². The minimum Gasteiger partial charge on any atom is -0.294 e. The van der Waals surface area contributed by atoms with Gasteiger partial charge >= 0.3 is 0 Å². The molecule has 9 aromatic rings. The van der Waals surface area contributed by atoms with Gasteiger partial charge < -0.3 is 0 Å². The molecule has 48 heavy (non-hydrogen) atoms. The summed E-state index contributed by atoms with van der Waals surface area (Å²) in [6.45, 7) is 6.32. The van der Waals surface area contributed by atoms with Gasteiger partial charge in [-0.15, -0.1) is 0 Å². The summed E-state index contributed by atoms with van der Waals surface area (Å²) in [7, 11) is 0. The summed E-state index contributed by atoms with van der Waals surface area (Å²) in [4.78, 5) is 10.6. The van der Waals surface area contributed by atoms with Crippen molar-refractivity contribution in [1.82, 2.24) is 14.5 Å². The maximum Gasteiger partial charge on any atom is 0.162 e. The molecule has 2 heterocycles. The molecule has 3 heteroatoms. The first-order valence-electron chi connectivity index (χ1n) is 16.3. The van der Waals surface area contributed by atoms with Crippen molar-refractivity contribution in [2.45, 2.75) is 6.92 Å². The van der Waals surface area contributed by atoms with Crippen molar-refractivity contribution in [3.8, 4) is 39.5 Å². The van der Waals surface area contributed by atoms with E-state index in [9.17, 15) is 0 Å². The van der Waals surface area contributed by atoms with Gasteiger partial charge in [0.25, 0.3) is 0 Å². The lowest BCUT2D eigenvalue weighted by molar-refractivity contribution is 1.11. The van der Waals surface area contributed by atoms with Crippen molar-refractivity contribution >= 4 is 49.6 Å². The van der Waals surface area contributed by atoms with Crippen LogP contribution in [0.2, 0.25) is 0 Å². The second kappa shape index (κ2) is 11.2. The van der Waals surface area contributed by atoms with Crippen molar-refractivity contribution in [2.75, 3.05) is 0 Å². The van der Waals surface area contributed by atoms with Gasteiger partial charge in [-0.3, -0.25) is 4.57 Å². The highest BCUT2D eigenvalue weighted by Crippen LogP contribution is 2.40. The number of aromatic nitrogens is 3. The summed E-state index contributed by atoms with van der Waals surface area (Å²) in [5.74, 6) is 0.703. The smallest absolute Gasteiger partial charge is 0.162 e. The lowest BCUT2D eigenvalue weighted by Gasteiger charge is -2.14. The molecule has 0 N–H and O–H groups in total. The average molecular weight is 614 g/mol. The summed E-state index contributed by atoms with van der Waals surface area (Å²) in [6, 6.07) is 53.6. The molecule has 0 atom stereocenters. The van der Waals surface area contributed by atoms with E-state index in [0.717, 1.165) is 50.0 Å². The standard InChI is InChI=1S/C45H31N3/c1-3-35-29(2)36-26-25-32(28-40(36)38-22-11-10-21-37(35)38)31-17-14-18-33(27-31)43-42-39-23-12-13-24-41(39)48(34-19-8-5-9-20-34)45(42)47-44(46-43)30-15-6-4-7-16-30/h3-28H,1H2,2H3. The Morgan fingerprint density at radius 2 is 1.17 bits per heavy atom.